The van der Waals surface area contributed by atoms with Gasteiger partial charge >= 0.3 is 0 Å². The van der Waals surface area contributed by atoms with Crippen molar-refractivity contribution in [1.82, 2.24) is 14.9 Å². The fourth-order valence-electron chi connectivity index (χ4n) is 2.31. The van der Waals surface area contributed by atoms with Crippen molar-refractivity contribution in [3.8, 4) is 11.3 Å². The van der Waals surface area contributed by atoms with Gasteiger partial charge in [0.25, 0.3) is 5.91 Å². The largest absolute Gasteiger partial charge is 0.451 e. The van der Waals surface area contributed by atoms with Crippen LogP contribution in [0, 0.1) is 0 Å². The topological polar surface area (TPSA) is 60.1 Å². The van der Waals surface area contributed by atoms with Gasteiger partial charge in [0, 0.05) is 36.9 Å². The van der Waals surface area contributed by atoms with Crippen molar-refractivity contribution in [2.24, 2.45) is 7.05 Å². The highest BCUT2D eigenvalue weighted by molar-refractivity contribution is 5.94. The molecule has 0 unspecified atom stereocenters. The van der Waals surface area contributed by atoms with Crippen LogP contribution in [0.4, 0.5) is 0 Å². The summed E-state index contributed by atoms with van der Waals surface area (Å²) in [6, 6.07) is 7.42. The molecule has 0 spiro atoms. The number of pyridine rings is 1. The van der Waals surface area contributed by atoms with Crippen molar-refractivity contribution in [2.75, 3.05) is 6.54 Å². The molecular weight excluding hydrogens is 266 g/mol. The second-order valence-electron chi connectivity index (χ2n) is 4.94. The molecule has 5 nitrogen and oxygen atoms in total. The first-order chi connectivity index (χ1) is 10.2. The van der Waals surface area contributed by atoms with Crippen LogP contribution in [0.15, 0.2) is 41.1 Å². The summed E-state index contributed by atoms with van der Waals surface area (Å²) in [7, 11) is 1.95. The molecule has 5 heteroatoms. The Hall–Kier alpha value is -2.56. The van der Waals surface area contributed by atoms with E-state index in [9.17, 15) is 4.79 Å². The SMILES string of the molecule is CCCNC(=O)c1ccc(-c2ccnc3c2ccn3C)o1. The molecule has 0 saturated heterocycles. The zero-order valence-corrected chi connectivity index (χ0v) is 12.1. The van der Waals surface area contributed by atoms with E-state index in [-0.39, 0.29) is 5.91 Å². The number of aromatic nitrogens is 2. The molecule has 21 heavy (non-hydrogen) atoms. The van der Waals surface area contributed by atoms with E-state index in [2.05, 4.69) is 10.3 Å². The van der Waals surface area contributed by atoms with Gasteiger partial charge in [-0.1, -0.05) is 6.92 Å². The van der Waals surface area contributed by atoms with Gasteiger partial charge in [-0.3, -0.25) is 4.79 Å². The number of rotatable bonds is 4. The number of nitrogens with zero attached hydrogens (tertiary/aromatic N) is 2. The van der Waals surface area contributed by atoms with E-state index in [1.54, 1.807) is 12.3 Å². The molecule has 0 aromatic carbocycles. The first kappa shape index (κ1) is 13.4. The van der Waals surface area contributed by atoms with Crippen molar-refractivity contribution in [3.63, 3.8) is 0 Å². The number of amides is 1. The van der Waals surface area contributed by atoms with Crippen LogP contribution in [0.2, 0.25) is 0 Å². The lowest BCUT2D eigenvalue weighted by Gasteiger charge is -2.02. The van der Waals surface area contributed by atoms with Gasteiger partial charge in [-0.05, 0) is 30.7 Å². The third kappa shape index (κ3) is 2.42. The fraction of sp³-hybridized carbons (Fsp3) is 0.250. The molecule has 0 aliphatic carbocycles. The third-order valence-electron chi connectivity index (χ3n) is 3.40. The Kier molecular flexibility index (Phi) is 3.48. The van der Waals surface area contributed by atoms with Gasteiger partial charge in [-0.15, -0.1) is 0 Å². The average molecular weight is 283 g/mol. The number of hydrogen-bond acceptors (Lipinski definition) is 3. The highest BCUT2D eigenvalue weighted by Crippen LogP contribution is 2.29. The third-order valence-corrected chi connectivity index (χ3v) is 3.40. The molecule has 0 saturated carbocycles. The Morgan fingerprint density at radius 2 is 2.19 bits per heavy atom. The summed E-state index contributed by atoms with van der Waals surface area (Å²) in [4.78, 5) is 16.2. The van der Waals surface area contributed by atoms with Gasteiger partial charge in [-0.25, -0.2) is 4.98 Å². The molecule has 0 fully saturated rings. The predicted octanol–water partition coefficient (Wildman–Crippen LogP) is 2.97. The first-order valence-corrected chi connectivity index (χ1v) is 6.99. The van der Waals surface area contributed by atoms with E-state index >= 15 is 0 Å². The molecule has 0 atom stereocenters. The van der Waals surface area contributed by atoms with Crippen LogP contribution in [-0.2, 0) is 7.05 Å². The summed E-state index contributed by atoms with van der Waals surface area (Å²) < 4.78 is 7.65. The predicted molar refractivity (Wildman–Crippen MR) is 81.0 cm³/mol. The van der Waals surface area contributed by atoms with Gasteiger partial charge in [-0.2, -0.15) is 0 Å². The van der Waals surface area contributed by atoms with Crippen LogP contribution in [0.3, 0.4) is 0 Å². The van der Waals surface area contributed by atoms with Crippen LogP contribution >= 0.6 is 0 Å². The lowest BCUT2D eigenvalue weighted by molar-refractivity contribution is 0.0927. The molecule has 0 aliphatic heterocycles. The molecule has 3 heterocycles. The van der Waals surface area contributed by atoms with Gasteiger partial charge < -0.3 is 14.3 Å². The lowest BCUT2D eigenvalue weighted by atomic mass is 10.1. The van der Waals surface area contributed by atoms with Crippen LogP contribution in [-0.4, -0.2) is 22.0 Å². The van der Waals surface area contributed by atoms with Crippen molar-refractivity contribution >= 4 is 16.9 Å². The first-order valence-electron chi connectivity index (χ1n) is 6.99. The zero-order chi connectivity index (χ0) is 14.8. The fourth-order valence-corrected chi connectivity index (χ4v) is 2.31. The molecule has 3 rings (SSSR count). The maximum Gasteiger partial charge on any atom is 0.287 e. The van der Waals surface area contributed by atoms with Crippen LogP contribution in [0.25, 0.3) is 22.4 Å². The van der Waals surface area contributed by atoms with Crippen molar-refractivity contribution in [3.05, 3.63) is 42.4 Å². The second kappa shape index (κ2) is 5.44. The minimum Gasteiger partial charge on any atom is -0.451 e. The maximum absolute atomic E-state index is 11.9. The quantitative estimate of drug-likeness (QED) is 0.800. The molecule has 3 aromatic rings. The lowest BCUT2D eigenvalue weighted by Crippen LogP contribution is -2.23. The van der Waals surface area contributed by atoms with E-state index in [0.717, 1.165) is 23.0 Å². The number of fused-ring (bicyclic) bond motifs is 1. The van der Waals surface area contributed by atoms with Gasteiger partial charge in [0.2, 0.25) is 0 Å². The molecule has 0 radical (unpaired) electrons. The maximum atomic E-state index is 11.9. The number of carbonyl (C=O) groups is 1. The Morgan fingerprint density at radius 1 is 1.33 bits per heavy atom. The second-order valence-corrected chi connectivity index (χ2v) is 4.94. The standard InChI is InChI=1S/C16H17N3O2/c1-3-8-18-16(20)14-5-4-13(21-14)11-6-9-17-15-12(11)7-10-19(15)2/h4-7,9-10H,3,8H2,1-2H3,(H,18,20). The Bertz CT molecular complexity index is 786. The molecule has 0 aliphatic rings. The van der Waals surface area contributed by atoms with Crippen molar-refractivity contribution < 1.29 is 9.21 Å². The van der Waals surface area contributed by atoms with Crippen molar-refractivity contribution in [1.29, 1.82) is 0 Å². The smallest absolute Gasteiger partial charge is 0.287 e. The van der Waals surface area contributed by atoms with Gasteiger partial charge in [0.1, 0.15) is 11.4 Å². The molecule has 1 amide bonds. The van der Waals surface area contributed by atoms with Crippen molar-refractivity contribution in [2.45, 2.75) is 13.3 Å². The highest BCUT2D eigenvalue weighted by atomic mass is 16.3. The number of carbonyl (C=O) groups excluding carboxylic acids is 1. The molecule has 0 bridgehead atoms. The number of nitrogens with one attached hydrogen (secondary N) is 1. The van der Waals surface area contributed by atoms with E-state index in [1.807, 2.05) is 42.9 Å². The average Bonchev–Trinajstić information content (AvgIpc) is 3.12. The molecule has 1 N–H and O–H groups in total. The number of furan rings is 1. The van der Waals surface area contributed by atoms with E-state index in [1.165, 1.54) is 0 Å². The summed E-state index contributed by atoms with van der Waals surface area (Å²) >= 11 is 0. The normalized spacial score (nSPS) is 11.0. The highest BCUT2D eigenvalue weighted by Gasteiger charge is 2.14. The van der Waals surface area contributed by atoms with Crippen LogP contribution in [0.5, 0.6) is 0 Å². The van der Waals surface area contributed by atoms with Gasteiger partial charge in [0.15, 0.2) is 5.76 Å². The summed E-state index contributed by atoms with van der Waals surface area (Å²) in [6.07, 6.45) is 4.60. The Balaban J connectivity index is 1.97. The van der Waals surface area contributed by atoms with E-state index < -0.39 is 0 Å². The molecule has 108 valence electrons. The molecular formula is C16H17N3O2. The minimum atomic E-state index is -0.179. The number of aryl methyl sites for hydroxylation is 1. The van der Waals surface area contributed by atoms with Crippen LogP contribution < -0.4 is 5.32 Å². The van der Waals surface area contributed by atoms with E-state index in [4.69, 9.17) is 4.42 Å². The van der Waals surface area contributed by atoms with Crippen LogP contribution in [0.1, 0.15) is 23.9 Å². The molecule has 3 aromatic heterocycles. The zero-order valence-electron chi connectivity index (χ0n) is 12.1. The van der Waals surface area contributed by atoms with E-state index in [0.29, 0.717) is 18.1 Å². The monoisotopic (exact) mass is 283 g/mol. The minimum absolute atomic E-state index is 0.179. The number of hydrogen-bond donors (Lipinski definition) is 1. The van der Waals surface area contributed by atoms with Gasteiger partial charge in [0.05, 0.1) is 0 Å². The Morgan fingerprint density at radius 3 is 3.00 bits per heavy atom. The summed E-state index contributed by atoms with van der Waals surface area (Å²) in [5.41, 5.74) is 1.83. The summed E-state index contributed by atoms with van der Waals surface area (Å²) in [5.74, 6) is 0.830. The summed E-state index contributed by atoms with van der Waals surface area (Å²) in [5, 5.41) is 3.81. The Labute approximate surface area is 122 Å². The summed E-state index contributed by atoms with van der Waals surface area (Å²) in [6.45, 7) is 2.66.